The Morgan fingerprint density at radius 3 is 2.42 bits per heavy atom. The number of alkyl halides is 3. The first kappa shape index (κ1) is 15.9. The number of halogens is 4. The zero-order valence-electron chi connectivity index (χ0n) is 12.1. The van der Waals surface area contributed by atoms with E-state index in [2.05, 4.69) is 10.3 Å². The van der Waals surface area contributed by atoms with Crippen molar-refractivity contribution in [2.24, 2.45) is 0 Å². The zero-order valence-corrected chi connectivity index (χ0v) is 12.1. The van der Waals surface area contributed by atoms with E-state index in [9.17, 15) is 22.4 Å². The van der Waals surface area contributed by atoms with E-state index in [1.807, 2.05) is 0 Å². The fourth-order valence-corrected chi connectivity index (χ4v) is 2.27. The molecule has 3 aromatic rings. The van der Waals surface area contributed by atoms with Crippen molar-refractivity contribution >= 4 is 22.5 Å². The molecule has 0 saturated carbocycles. The SMILES string of the molecule is O=C(Nc1ccc(C(F)(F)F)cc1)c1cc(F)cc2cccnc12. The second-order valence-corrected chi connectivity index (χ2v) is 5.06. The van der Waals surface area contributed by atoms with Crippen LogP contribution in [0.3, 0.4) is 0 Å². The standard InChI is InChI=1S/C17H10F4N2O/c18-12-8-10-2-1-7-22-15(10)14(9-12)16(24)23-13-5-3-11(4-6-13)17(19,20)21/h1-9H,(H,23,24). The molecule has 0 radical (unpaired) electrons. The maximum Gasteiger partial charge on any atom is 0.416 e. The minimum absolute atomic E-state index is 0.00509. The number of carbonyl (C=O) groups excluding carboxylic acids is 1. The summed E-state index contributed by atoms with van der Waals surface area (Å²) in [7, 11) is 0. The Hall–Kier alpha value is -2.96. The topological polar surface area (TPSA) is 42.0 Å². The van der Waals surface area contributed by atoms with Crippen LogP contribution in [0, 0.1) is 5.82 Å². The van der Waals surface area contributed by atoms with Crippen molar-refractivity contribution in [2.75, 3.05) is 5.32 Å². The number of amides is 1. The summed E-state index contributed by atoms with van der Waals surface area (Å²) in [6.07, 6.45) is -2.99. The number of pyridine rings is 1. The molecule has 7 heteroatoms. The highest BCUT2D eigenvalue weighted by Gasteiger charge is 2.30. The Morgan fingerprint density at radius 1 is 1.04 bits per heavy atom. The van der Waals surface area contributed by atoms with E-state index >= 15 is 0 Å². The van der Waals surface area contributed by atoms with Gasteiger partial charge in [0.15, 0.2) is 0 Å². The Labute approximate surface area is 133 Å². The molecule has 3 rings (SSSR count). The monoisotopic (exact) mass is 334 g/mol. The van der Waals surface area contributed by atoms with Crippen molar-refractivity contribution in [1.82, 2.24) is 4.98 Å². The molecular weight excluding hydrogens is 324 g/mol. The van der Waals surface area contributed by atoms with Gasteiger partial charge in [0.1, 0.15) is 5.82 Å². The number of hydrogen-bond donors (Lipinski definition) is 1. The molecule has 24 heavy (non-hydrogen) atoms. The van der Waals surface area contributed by atoms with Gasteiger partial charge in [-0.1, -0.05) is 6.07 Å². The van der Waals surface area contributed by atoms with Crippen LogP contribution in [0.5, 0.6) is 0 Å². The maximum atomic E-state index is 13.6. The highest BCUT2D eigenvalue weighted by atomic mass is 19.4. The number of rotatable bonds is 2. The summed E-state index contributed by atoms with van der Waals surface area (Å²) in [4.78, 5) is 16.4. The second kappa shape index (κ2) is 5.92. The van der Waals surface area contributed by atoms with Crippen LogP contribution in [-0.4, -0.2) is 10.9 Å². The predicted molar refractivity (Wildman–Crippen MR) is 81.1 cm³/mol. The van der Waals surface area contributed by atoms with Crippen molar-refractivity contribution in [1.29, 1.82) is 0 Å². The average molecular weight is 334 g/mol. The molecule has 1 aromatic heterocycles. The van der Waals surface area contributed by atoms with Gasteiger partial charge in [-0.3, -0.25) is 9.78 Å². The van der Waals surface area contributed by atoms with Crippen molar-refractivity contribution < 1.29 is 22.4 Å². The summed E-state index contributed by atoms with van der Waals surface area (Å²) >= 11 is 0. The van der Waals surface area contributed by atoms with Crippen LogP contribution in [-0.2, 0) is 6.18 Å². The van der Waals surface area contributed by atoms with E-state index in [1.165, 1.54) is 12.3 Å². The van der Waals surface area contributed by atoms with Crippen molar-refractivity contribution in [3.8, 4) is 0 Å². The molecule has 0 unspecified atom stereocenters. The average Bonchev–Trinajstić information content (AvgIpc) is 2.53. The molecule has 0 spiro atoms. The molecule has 0 fully saturated rings. The van der Waals surface area contributed by atoms with Gasteiger partial charge < -0.3 is 5.32 Å². The Morgan fingerprint density at radius 2 is 1.75 bits per heavy atom. The minimum atomic E-state index is -4.45. The number of nitrogens with zero attached hydrogens (tertiary/aromatic N) is 1. The fourth-order valence-electron chi connectivity index (χ4n) is 2.27. The zero-order chi connectivity index (χ0) is 17.3. The normalized spacial score (nSPS) is 11.5. The number of nitrogens with one attached hydrogen (secondary N) is 1. The number of carbonyl (C=O) groups is 1. The molecule has 2 aromatic carbocycles. The lowest BCUT2D eigenvalue weighted by molar-refractivity contribution is -0.137. The molecular formula is C17H10F4N2O. The van der Waals surface area contributed by atoms with Crippen LogP contribution >= 0.6 is 0 Å². The van der Waals surface area contributed by atoms with Gasteiger partial charge in [0, 0.05) is 17.3 Å². The third kappa shape index (κ3) is 3.19. The molecule has 1 N–H and O–H groups in total. The number of benzene rings is 2. The largest absolute Gasteiger partial charge is 0.416 e. The smallest absolute Gasteiger partial charge is 0.322 e. The van der Waals surface area contributed by atoms with E-state index in [-0.39, 0.29) is 11.3 Å². The van der Waals surface area contributed by atoms with Crippen LogP contribution in [0.1, 0.15) is 15.9 Å². The van der Waals surface area contributed by atoms with E-state index in [1.54, 1.807) is 12.1 Å². The van der Waals surface area contributed by atoms with Crippen LogP contribution in [0.2, 0.25) is 0 Å². The number of anilines is 1. The van der Waals surface area contributed by atoms with Gasteiger partial charge in [0.2, 0.25) is 0 Å². The summed E-state index contributed by atoms with van der Waals surface area (Å²) in [5.74, 6) is -1.26. The van der Waals surface area contributed by atoms with Crippen LogP contribution in [0.4, 0.5) is 23.2 Å². The quantitative estimate of drug-likeness (QED) is 0.694. The first-order chi connectivity index (χ1) is 11.3. The molecule has 0 aliphatic rings. The van der Waals surface area contributed by atoms with Crippen LogP contribution < -0.4 is 5.32 Å². The molecule has 0 aliphatic carbocycles. The first-order valence-corrected chi connectivity index (χ1v) is 6.87. The molecule has 122 valence electrons. The van der Waals surface area contributed by atoms with Gasteiger partial charge in [-0.05, 0) is 42.5 Å². The van der Waals surface area contributed by atoms with E-state index in [0.29, 0.717) is 10.9 Å². The summed E-state index contributed by atoms with van der Waals surface area (Å²) < 4.78 is 51.2. The van der Waals surface area contributed by atoms with Gasteiger partial charge in [0.05, 0.1) is 16.6 Å². The molecule has 1 heterocycles. The van der Waals surface area contributed by atoms with Crippen LogP contribution in [0.15, 0.2) is 54.7 Å². The Bertz CT molecular complexity index is 905. The van der Waals surface area contributed by atoms with Gasteiger partial charge in [-0.15, -0.1) is 0 Å². The molecule has 0 bridgehead atoms. The van der Waals surface area contributed by atoms with Crippen molar-refractivity contribution in [3.63, 3.8) is 0 Å². The number of aromatic nitrogens is 1. The van der Waals surface area contributed by atoms with Gasteiger partial charge >= 0.3 is 6.18 Å². The highest BCUT2D eigenvalue weighted by molar-refractivity contribution is 6.11. The Kier molecular flexibility index (Phi) is 3.92. The van der Waals surface area contributed by atoms with Crippen molar-refractivity contribution in [2.45, 2.75) is 6.18 Å². The highest BCUT2D eigenvalue weighted by Crippen LogP contribution is 2.30. The maximum absolute atomic E-state index is 13.6. The minimum Gasteiger partial charge on any atom is -0.322 e. The summed E-state index contributed by atoms with van der Waals surface area (Å²) in [5.41, 5.74) is -0.339. The lowest BCUT2D eigenvalue weighted by atomic mass is 10.1. The molecule has 0 aliphatic heterocycles. The summed E-state index contributed by atoms with van der Waals surface area (Å²) in [6.45, 7) is 0. The Balaban J connectivity index is 1.91. The third-order valence-electron chi connectivity index (χ3n) is 3.38. The summed E-state index contributed by atoms with van der Waals surface area (Å²) in [5, 5.41) is 2.90. The molecule has 3 nitrogen and oxygen atoms in total. The fraction of sp³-hybridized carbons (Fsp3) is 0.0588. The lowest BCUT2D eigenvalue weighted by Crippen LogP contribution is -2.13. The lowest BCUT2D eigenvalue weighted by Gasteiger charge is -2.10. The van der Waals surface area contributed by atoms with Gasteiger partial charge in [-0.2, -0.15) is 13.2 Å². The number of fused-ring (bicyclic) bond motifs is 1. The van der Waals surface area contributed by atoms with Gasteiger partial charge in [-0.25, -0.2) is 4.39 Å². The van der Waals surface area contributed by atoms with Crippen molar-refractivity contribution in [3.05, 3.63) is 71.7 Å². The summed E-state index contributed by atoms with van der Waals surface area (Å²) in [6, 6.07) is 9.49. The first-order valence-electron chi connectivity index (χ1n) is 6.87. The van der Waals surface area contributed by atoms with E-state index in [4.69, 9.17) is 0 Å². The second-order valence-electron chi connectivity index (χ2n) is 5.06. The van der Waals surface area contributed by atoms with Crippen LogP contribution in [0.25, 0.3) is 10.9 Å². The molecule has 0 atom stereocenters. The molecule has 1 amide bonds. The number of hydrogen-bond acceptors (Lipinski definition) is 2. The molecule has 0 saturated heterocycles. The van der Waals surface area contributed by atoms with E-state index < -0.39 is 23.5 Å². The predicted octanol–water partition coefficient (Wildman–Crippen LogP) is 4.65. The third-order valence-corrected chi connectivity index (χ3v) is 3.38. The van der Waals surface area contributed by atoms with Gasteiger partial charge in [0.25, 0.3) is 5.91 Å². The van der Waals surface area contributed by atoms with E-state index in [0.717, 1.165) is 30.3 Å².